The molecule has 0 aromatic heterocycles. The standard InChI is InChI=1S/C20H18N2O4/c1-4-11-21-13-15-12-17(26-3)9-10-18(15)20(22(23)24)19(21)14-5-7-16(25-2)8-6-14/h1,5-10,12H,11,13H2,2-3H3. The summed E-state index contributed by atoms with van der Waals surface area (Å²) in [5.41, 5.74) is 2.65. The minimum Gasteiger partial charge on any atom is -0.497 e. The Hall–Kier alpha value is -3.46. The van der Waals surface area contributed by atoms with E-state index in [1.165, 1.54) is 0 Å². The second-order valence-electron chi connectivity index (χ2n) is 5.77. The molecule has 0 spiro atoms. The van der Waals surface area contributed by atoms with Crippen LogP contribution in [0.2, 0.25) is 0 Å². The van der Waals surface area contributed by atoms with E-state index in [1.54, 1.807) is 50.6 Å². The lowest BCUT2D eigenvalue weighted by Crippen LogP contribution is -2.29. The summed E-state index contributed by atoms with van der Waals surface area (Å²) in [5.74, 6) is 3.93. The molecular formula is C20H18N2O4. The van der Waals surface area contributed by atoms with Crippen molar-refractivity contribution in [2.75, 3.05) is 20.8 Å². The number of fused-ring (bicyclic) bond motifs is 1. The van der Waals surface area contributed by atoms with Crippen LogP contribution in [0.5, 0.6) is 11.5 Å². The van der Waals surface area contributed by atoms with E-state index in [2.05, 4.69) is 5.92 Å². The Morgan fingerprint density at radius 1 is 1.15 bits per heavy atom. The first kappa shape index (κ1) is 17.4. The summed E-state index contributed by atoms with van der Waals surface area (Å²) in [6.07, 6.45) is 5.51. The fourth-order valence-electron chi connectivity index (χ4n) is 3.12. The second-order valence-corrected chi connectivity index (χ2v) is 5.77. The van der Waals surface area contributed by atoms with Crippen LogP contribution in [0.1, 0.15) is 16.7 Å². The number of hydrogen-bond acceptors (Lipinski definition) is 5. The highest BCUT2D eigenvalue weighted by Crippen LogP contribution is 2.38. The van der Waals surface area contributed by atoms with Crippen LogP contribution in [0, 0.1) is 22.5 Å². The van der Waals surface area contributed by atoms with Crippen molar-refractivity contribution in [3.05, 3.63) is 69.3 Å². The van der Waals surface area contributed by atoms with Gasteiger partial charge in [0.1, 0.15) is 17.2 Å². The quantitative estimate of drug-likeness (QED) is 0.470. The van der Waals surface area contributed by atoms with Crippen molar-refractivity contribution >= 4 is 11.4 Å². The van der Waals surface area contributed by atoms with Gasteiger partial charge in [-0.25, -0.2) is 0 Å². The number of rotatable bonds is 5. The van der Waals surface area contributed by atoms with Crippen molar-refractivity contribution in [2.45, 2.75) is 6.54 Å². The van der Waals surface area contributed by atoms with Gasteiger partial charge in [0.05, 0.1) is 31.3 Å². The van der Waals surface area contributed by atoms with E-state index in [4.69, 9.17) is 15.9 Å². The van der Waals surface area contributed by atoms with E-state index in [1.807, 2.05) is 11.0 Å². The second kappa shape index (κ2) is 7.19. The van der Waals surface area contributed by atoms with Crippen LogP contribution in [0.4, 0.5) is 0 Å². The van der Waals surface area contributed by atoms with Gasteiger partial charge in [0.25, 0.3) is 0 Å². The summed E-state index contributed by atoms with van der Waals surface area (Å²) in [7, 11) is 3.14. The summed E-state index contributed by atoms with van der Waals surface area (Å²) < 4.78 is 10.4. The maximum Gasteiger partial charge on any atom is 0.300 e. The number of ether oxygens (including phenoxy) is 2. The van der Waals surface area contributed by atoms with Gasteiger partial charge in [-0.3, -0.25) is 10.1 Å². The molecule has 0 aliphatic carbocycles. The predicted octanol–water partition coefficient (Wildman–Crippen LogP) is 3.26. The highest BCUT2D eigenvalue weighted by Gasteiger charge is 2.33. The molecule has 1 aliphatic rings. The molecule has 0 saturated carbocycles. The third-order valence-electron chi connectivity index (χ3n) is 4.30. The van der Waals surface area contributed by atoms with E-state index in [-0.39, 0.29) is 17.2 Å². The van der Waals surface area contributed by atoms with Crippen molar-refractivity contribution in [2.24, 2.45) is 0 Å². The maximum atomic E-state index is 11.9. The van der Waals surface area contributed by atoms with Crippen LogP contribution in [-0.2, 0) is 6.54 Å². The normalized spacial score (nSPS) is 13.0. The molecule has 2 aromatic carbocycles. The third kappa shape index (κ3) is 3.07. The molecule has 1 heterocycles. The number of benzene rings is 2. The fourth-order valence-corrected chi connectivity index (χ4v) is 3.12. The lowest BCUT2D eigenvalue weighted by Gasteiger charge is -2.30. The number of nitro groups is 1. The van der Waals surface area contributed by atoms with Crippen LogP contribution >= 0.6 is 0 Å². The molecule has 0 atom stereocenters. The van der Waals surface area contributed by atoms with Gasteiger partial charge in [0, 0.05) is 12.1 Å². The third-order valence-corrected chi connectivity index (χ3v) is 4.30. The number of nitrogens with zero attached hydrogens (tertiary/aromatic N) is 2. The first-order chi connectivity index (χ1) is 12.6. The Bertz CT molecular complexity index is 910. The molecule has 132 valence electrons. The molecule has 0 fully saturated rings. The molecule has 0 unspecified atom stereocenters. The van der Waals surface area contributed by atoms with Crippen LogP contribution in [0.3, 0.4) is 0 Å². The molecule has 3 rings (SSSR count). The Labute approximate surface area is 151 Å². The zero-order valence-electron chi connectivity index (χ0n) is 14.6. The lowest BCUT2D eigenvalue weighted by atomic mass is 9.94. The summed E-state index contributed by atoms with van der Waals surface area (Å²) in [5, 5.41) is 11.9. The predicted molar refractivity (Wildman–Crippen MR) is 99.0 cm³/mol. The van der Waals surface area contributed by atoms with E-state index in [0.29, 0.717) is 34.9 Å². The van der Waals surface area contributed by atoms with Gasteiger partial charge in [-0.15, -0.1) is 6.42 Å². The zero-order valence-corrected chi connectivity index (χ0v) is 14.6. The largest absolute Gasteiger partial charge is 0.497 e. The van der Waals surface area contributed by atoms with Crippen LogP contribution < -0.4 is 9.47 Å². The average molecular weight is 350 g/mol. The SMILES string of the molecule is C#CCN1Cc2cc(OC)ccc2C([N+](=O)[O-])=C1c1ccc(OC)cc1. The molecule has 0 amide bonds. The molecular weight excluding hydrogens is 332 g/mol. The molecule has 0 saturated heterocycles. The molecule has 26 heavy (non-hydrogen) atoms. The number of terminal acetylenes is 1. The minimum absolute atomic E-state index is 0.0364. The lowest BCUT2D eigenvalue weighted by molar-refractivity contribution is -0.375. The van der Waals surface area contributed by atoms with Crippen LogP contribution in [0.25, 0.3) is 11.4 Å². The van der Waals surface area contributed by atoms with Gasteiger partial charge in [-0.2, -0.15) is 0 Å². The summed E-state index contributed by atoms with van der Waals surface area (Å²) >= 11 is 0. The van der Waals surface area contributed by atoms with Gasteiger partial charge in [-0.1, -0.05) is 5.92 Å². The van der Waals surface area contributed by atoms with Crippen molar-refractivity contribution in [1.29, 1.82) is 0 Å². The fraction of sp³-hybridized carbons (Fsp3) is 0.200. The molecule has 0 N–H and O–H groups in total. The van der Waals surface area contributed by atoms with Crippen LogP contribution in [-0.4, -0.2) is 30.6 Å². The summed E-state index contributed by atoms with van der Waals surface area (Å²) in [6, 6.07) is 12.4. The van der Waals surface area contributed by atoms with Gasteiger partial charge >= 0.3 is 5.70 Å². The van der Waals surface area contributed by atoms with Crippen molar-refractivity contribution < 1.29 is 14.4 Å². The Balaban J connectivity index is 2.24. The first-order valence-corrected chi connectivity index (χ1v) is 7.97. The van der Waals surface area contributed by atoms with E-state index in [0.717, 1.165) is 5.56 Å². The van der Waals surface area contributed by atoms with E-state index in [9.17, 15) is 10.1 Å². The molecule has 6 heteroatoms. The smallest absolute Gasteiger partial charge is 0.300 e. The van der Waals surface area contributed by atoms with Gasteiger partial charge in [0.15, 0.2) is 0 Å². The van der Waals surface area contributed by atoms with Crippen molar-refractivity contribution in [1.82, 2.24) is 4.90 Å². The Morgan fingerprint density at radius 2 is 1.81 bits per heavy atom. The Morgan fingerprint density at radius 3 is 2.38 bits per heavy atom. The topological polar surface area (TPSA) is 64.8 Å². The number of hydrogen-bond donors (Lipinski definition) is 0. The molecule has 6 nitrogen and oxygen atoms in total. The summed E-state index contributed by atoms with van der Waals surface area (Å²) in [4.78, 5) is 13.4. The highest BCUT2D eigenvalue weighted by molar-refractivity contribution is 5.89. The maximum absolute atomic E-state index is 11.9. The molecule has 0 radical (unpaired) electrons. The number of methoxy groups -OCH3 is 2. The zero-order chi connectivity index (χ0) is 18.7. The Kier molecular flexibility index (Phi) is 4.81. The van der Waals surface area contributed by atoms with E-state index < -0.39 is 0 Å². The van der Waals surface area contributed by atoms with Gasteiger partial charge in [-0.05, 0) is 48.0 Å². The minimum atomic E-state index is -0.354. The van der Waals surface area contributed by atoms with Gasteiger partial charge in [0.2, 0.25) is 0 Å². The average Bonchev–Trinajstić information content (AvgIpc) is 2.66. The highest BCUT2D eigenvalue weighted by atomic mass is 16.6. The molecule has 2 aromatic rings. The monoisotopic (exact) mass is 350 g/mol. The molecule has 1 aliphatic heterocycles. The summed E-state index contributed by atoms with van der Waals surface area (Å²) in [6.45, 7) is 0.727. The van der Waals surface area contributed by atoms with E-state index >= 15 is 0 Å². The first-order valence-electron chi connectivity index (χ1n) is 7.97. The van der Waals surface area contributed by atoms with Gasteiger partial charge < -0.3 is 14.4 Å². The van der Waals surface area contributed by atoms with Crippen molar-refractivity contribution in [3.63, 3.8) is 0 Å². The molecule has 0 bridgehead atoms. The van der Waals surface area contributed by atoms with Crippen LogP contribution in [0.15, 0.2) is 42.5 Å². The van der Waals surface area contributed by atoms with Crippen molar-refractivity contribution in [3.8, 4) is 23.8 Å².